The summed E-state index contributed by atoms with van der Waals surface area (Å²) < 4.78 is 7.61. The maximum atomic E-state index is 6.13. The van der Waals surface area contributed by atoms with Gasteiger partial charge in [-0.2, -0.15) is 0 Å². The minimum Gasteiger partial charge on any atom is -0.457 e. The molecule has 0 aliphatic carbocycles. The number of ether oxygens (including phenoxy) is 1. The Bertz CT molecular complexity index is 1270. The van der Waals surface area contributed by atoms with Crippen LogP contribution in [0.5, 0.6) is 11.5 Å². The number of anilines is 1. The van der Waals surface area contributed by atoms with Gasteiger partial charge in [0.25, 0.3) is 0 Å². The van der Waals surface area contributed by atoms with E-state index in [4.69, 9.17) is 15.5 Å². The molecule has 5 rings (SSSR count). The first-order valence-electron chi connectivity index (χ1n) is 9.17. The molecule has 3 aromatic heterocycles. The summed E-state index contributed by atoms with van der Waals surface area (Å²) in [5, 5.41) is 5.30. The first-order chi connectivity index (χ1) is 14.3. The van der Waals surface area contributed by atoms with Crippen LogP contribution >= 0.6 is 0 Å². The van der Waals surface area contributed by atoms with Crippen LogP contribution in [-0.2, 0) is 0 Å². The first kappa shape index (κ1) is 16.9. The third-order valence-electron chi connectivity index (χ3n) is 4.60. The Labute approximate surface area is 167 Å². The molecule has 6 nitrogen and oxygen atoms in total. The molecule has 0 radical (unpaired) electrons. The number of fused-ring (bicyclic) bond motifs is 1. The monoisotopic (exact) mass is 379 g/mol. The van der Waals surface area contributed by atoms with Gasteiger partial charge in [0.2, 0.25) is 0 Å². The Balaban J connectivity index is 1.52. The second-order valence-corrected chi connectivity index (χ2v) is 6.51. The summed E-state index contributed by atoms with van der Waals surface area (Å²) in [6.07, 6.45) is 3.50. The molecule has 0 atom stereocenters. The van der Waals surface area contributed by atoms with Crippen molar-refractivity contribution in [2.24, 2.45) is 0 Å². The van der Waals surface area contributed by atoms with E-state index in [2.05, 4.69) is 10.1 Å². The molecule has 29 heavy (non-hydrogen) atoms. The maximum absolute atomic E-state index is 6.13. The highest BCUT2D eigenvalue weighted by atomic mass is 16.5. The molecule has 2 N–H and O–H groups in total. The van der Waals surface area contributed by atoms with Gasteiger partial charge in [-0.3, -0.25) is 4.98 Å². The van der Waals surface area contributed by atoms with E-state index in [1.54, 1.807) is 17.1 Å². The maximum Gasteiger partial charge on any atom is 0.165 e. The molecular weight excluding hydrogens is 362 g/mol. The molecule has 2 aromatic carbocycles. The fourth-order valence-electron chi connectivity index (χ4n) is 3.16. The van der Waals surface area contributed by atoms with Crippen LogP contribution in [0.2, 0.25) is 0 Å². The molecule has 0 unspecified atom stereocenters. The zero-order valence-electron chi connectivity index (χ0n) is 15.4. The Morgan fingerprint density at radius 1 is 0.759 bits per heavy atom. The van der Waals surface area contributed by atoms with Gasteiger partial charge in [-0.25, -0.2) is 9.67 Å². The standard InChI is InChI=1S/C23H17N5O/c24-22-20-10-11-21(16-12-14-25-15-13-16)26-23(20)28(27-22)17-6-8-19(9-7-17)29-18-4-2-1-3-5-18/h1-15H,(H2,24,27). The fourth-order valence-corrected chi connectivity index (χ4v) is 3.16. The molecule has 0 aliphatic heterocycles. The number of benzene rings is 2. The lowest BCUT2D eigenvalue weighted by Gasteiger charge is -2.08. The fraction of sp³-hybridized carbons (Fsp3) is 0. The van der Waals surface area contributed by atoms with Crippen molar-refractivity contribution in [1.29, 1.82) is 0 Å². The van der Waals surface area contributed by atoms with E-state index in [1.807, 2.05) is 78.9 Å². The van der Waals surface area contributed by atoms with Crippen LogP contribution in [0, 0.1) is 0 Å². The summed E-state index contributed by atoms with van der Waals surface area (Å²) in [4.78, 5) is 8.86. The SMILES string of the molecule is Nc1nn(-c2ccc(Oc3ccccc3)cc2)c2nc(-c3ccncc3)ccc12. The molecule has 5 aromatic rings. The zero-order chi connectivity index (χ0) is 19.6. The quantitative estimate of drug-likeness (QED) is 0.482. The number of hydrogen-bond acceptors (Lipinski definition) is 5. The number of rotatable bonds is 4. The van der Waals surface area contributed by atoms with Crippen molar-refractivity contribution in [3.63, 3.8) is 0 Å². The Morgan fingerprint density at radius 3 is 2.24 bits per heavy atom. The number of aromatic nitrogens is 4. The number of para-hydroxylation sites is 1. The minimum absolute atomic E-state index is 0.443. The summed E-state index contributed by atoms with van der Waals surface area (Å²) in [6, 6.07) is 25.1. The molecule has 0 aliphatic rings. The van der Waals surface area contributed by atoms with Gasteiger partial charge in [0.05, 0.1) is 16.8 Å². The second-order valence-electron chi connectivity index (χ2n) is 6.51. The van der Waals surface area contributed by atoms with Gasteiger partial charge in [0.1, 0.15) is 11.5 Å². The van der Waals surface area contributed by atoms with E-state index in [0.717, 1.165) is 33.8 Å². The molecule has 0 saturated heterocycles. The Hall–Kier alpha value is -4.19. The van der Waals surface area contributed by atoms with Crippen molar-refractivity contribution < 1.29 is 4.74 Å². The van der Waals surface area contributed by atoms with E-state index in [9.17, 15) is 0 Å². The van der Waals surface area contributed by atoms with E-state index >= 15 is 0 Å². The molecule has 6 heteroatoms. The molecule has 0 saturated carbocycles. The number of nitrogens with zero attached hydrogens (tertiary/aromatic N) is 4. The zero-order valence-corrected chi connectivity index (χ0v) is 15.4. The highest BCUT2D eigenvalue weighted by Gasteiger charge is 2.13. The second kappa shape index (κ2) is 7.09. The lowest BCUT2D eigenvalue weighted by Crippen LogP contribution is -1.99. The van der Waals surface area contributed by atoms with Gasteiger partial charge in [0, 0.05) is 18.0 Å². The molecule has 0 spiro atoms. The highest BCUT2D eigenvalue weighted by molar-refractivity contribution is 5.89. The lowest BCUT2D eigenvalue weighted by atomic mass is 10.1. The predicted molar refractivity (Wildman–Crippen MR) is 113 cm³/mol. The number of hydrogen-bond donors (Lipinski definition) is 1. The van der Waals surface area contributed by atoms with Crippen molar-refractivity contribution >= 4 is 16.9 Å². The number of nitrogen functional groups attached to an aromatic ring is 1. The first-order valence-corrected chi connectivity index (χ1v) is 9.17. The van der Waals surface area contributed by atoms with Gasteiger partial charge >= 0.3 is 0 Å². The Kier molecular flexibility index (Phi) is 4.14. The van der Waals surface area contributed by atoms with Crippen molar-refractivity contribution in [3.8, 4) is 28.4 Å². The van der Waals surface area contributed by atoms with Crippen molar-refractivity contribution in [2.75, 3.05) is 5.73 Å². The summed E-state index contributed by atoms with van der Waals surface area (Å²) in [6.45, 7) is 0. The highest BCUT2D eigenvalue weighted by Crippen LogP contribution is 2.27. The van der Waals surface area contributed by atoms with Gasteiger partial charge in [-0.1, -0.05) is 18.2 Å². The van der Waals surface area contributed by atoms with Crippen molar-refractivity contribution in [3.05, 3.63) is 91.3 Å². The van der Waals surface area contributed by atoms with E-state index < -0.39 is 0 Å². The topological polar surface area (TPSA) is 78.8 Å². The average molecular weight is 379 g/mol. The molecular formula is C23H17N5O. The minimum atomic E-state index is 0.443. The van der Waals surface area contributed by atoms with Crippen LogP contribution < -0.4 is 10.5 Å². The smallest absolute Gasteiger partial charge is 0.165 e. The van der Waals surface area contributed by atoms with Gasteiger partial charge < -0.3 is 10.5 Å². The third kappa shape index (κ3) is 3.27. The largest absolute Gasteiger partial charge is 0.457 e. The van der Waals surface area contributed by atoms with Gasteiger partial charge in [0.15, 0.2) is 11.5 Å². The summed E-state index contributed by atoms with van der Waals surface area (Å²) in [5.41, 5.74) is 9.51. The molecule has 0 amide bonds. The van der Waals surface area contributed by atoms with Gasteiger partial charge in [-0.05, 0) is 60.7 Å². The van der Waals surface area contributed by atoms with Crippen molar-refractivity contribution in [1.82, 2.24) is 19.7 Å². The summed E-state index contributed by atoms with van der Waals surface area (Å²) in [7, 11) is 0. The molecule has 0 fully saturated rings. The average Bonchev–Trinajstić information content (AvgIpc) is 3.11. The van der Waals surface area contributed by atoms with Crippen LogP contribution in [0.25, 0.3) is 28.0 Å². The molecule has 0 bridgehead atoms. The number of nitrogens with two attached hydrogens (primary N) is 1. The van der Waals surface area contributed by atoms with E-state index in [-0.39, 0.29) is 0 Å². The van der Waals surface area contributed by atoms with Crippen LogP contribution in [0.15, 0.2) is 91.3 Å². The lowest BCUT2D eigenvalue weighted by molar-refractivity contribution is 0.482. The van der Waals surface area contributed by atoms with E-state index in [0.29, 0.717) is 11.5 Å². The van der Waals surface area contributed by atoms with Crippen LogP contribution in [0.4, 0.5) is 5.82 Å². The molecule has 3 heterocycles. The number of pyridine rings is 2. The van der Waals surface area contributed by atoms with E-state index in [1.165, 1.54) is 0 Å². The van der Waals surface area contributed by atoms with Crippen LogP contribution in [0.1, 0.15) is 0 Å². The Morgan fingerprint density at radius 2 is 1.48 bits per heavy atom. The summed E-state index contributed by atoms with van der Waals surface area (Å²) in [5.74, 6) is 1.98. The molecule has 140 valence electrons. The predicted octanol–water partition coefficient (Wildman–Crippen LogP) is 4.86. The third-order valence-corrected chi connectivity index (χ3v) is 4.60. The van der Waals surface area contributed by atoms with Crippen LogP contribution in [-0.4, -0.2) is 19.7 Å². The van der Waals surface area contributed by atoms with Crippen LogP contribution in [0.3, 0.4) is 0 Å². The summed E-state index contributed by atoms with van der Waals surface area (Å²) >= 11 is 0. The normalized spacial score (nSPS) is 10.9. The van der Waals surface area contributed by atoms with Crippen molar-refractivity contribution in [2.45, 2.75) is 0 Å². The van der Waals surface area contributed by atoms with Gasteiger partial charge in [-0.15, -0.1) is 5.10 Å².